The SMILES string of the molecule is COc1cc(OC)c(-c2nc(CC(C)N)no2)cc1OC. The molecule has 2 aromatic rings. The Morgan fingerprint density at radius 3 is 2.29 bits per heavy atom. The quantitative estimate of drug-likeness (QED) is 0.865. The molecule has 7 heteroatoms. The molecule has 0 saturated heterocycles. The standard InChI is InChI=1S/C14H19N3O4/c1-8(15)5-13-16-14(21-17-13)9-6-11(19-3)12(20-4)7-10(9)18-2/h6-8H,5,15H2,1-4H3. The lowest BCUT2D eigenvalue weighted by molar-refractivity contribution is 0.348. The van der Waals surface area contributed by atoms with Crippen LogP contribution < -0.4 is 19.9 Å². The minimum Gasteiger partial charge on any atom is -0.496 e. The summed E-state index contributed by atoms with van der Waals surface area (Å²) in [7, 11) is 4.68. The van der Waals surface area contributed by atoms with E-state index in [0.29, 0.717) is 40.9 Å². The van der Waals surface area contributed by atoms with Crippen molar-refractivity contribution in [1.29, 1.82) is 0 Å². The van der Waals surface area contributed by atoms with Gasteiger partial charge in [0, 0.05) is 24.6 Å². The molecule has 0 fully saturated rings. The Balaban J connectivity index is 2.44. The molecule has 1 aromatic carbocycles. The van der Waals surface area contributed by atoms with Crippen molar-refractivity contribution < 1.29 is 18.7 Å². The second kappa shape index (κ2) is 6.45. The van der Waals surface area contributed by atoms with E-state index in [0.717, 1.165) is 0 Å². The molecule has 7 nitrogen and oxygen atoms in total. The highest BCUT2D eigenvalue weighted by atomic mass is 16.5. The Morgan fingerprint density at radius 1 is 1.10 bits per heavy atom. The van der Waals surface area contributed by atoms with E-state index in [-0.39, 0.29) is 6.04 Å². The maximum absolute atomic E-state index is 5.73. The number of aromatic nitrogens is 2. The zero-order chi connectivity index (χ0) is 15.4. The molecule has 114 valence electrons. The van der Waals surface area contributed by atoms with Crippen molar-refractivity contribution in [2.24, 2.45) is 5.73 Å². The summed E-state index contributed by atoms with van der Waals surface area (Å²) < 4.78 is 21.1. The second-order valence-electron chi connectivity index (χ2n) is 4.60. The van der Waals surface area contributed by atoms with Crippen molar-refractivity contribution in [1.82, 2.24) is 10.1 Å². The van der Waals surface area contributed by atoms with Crippen molar-refractivity contribution >= 4 is 0 Å². The minimum atomic E-state index is -0.0391. The normalized spacial score (nSPS) is 12.0. The van der Waals surface area contributed by atoms with E-state index in [9.17, 15) is 0 Å². The topological polar surface area (TPSA) is 92.6 Å². The number of benzene rings is 1. The number of methoxy groups -OCH3 is 3. The largest absolute Gasteiger partial charge is 0.496 e. The summed E-state index contributed by atoms with van der Waals surface area (Å²) >= 11 is 0. The number of hydrogen-bond donors (Lipinski definition) is 1. The lowest BCUT2D eigenvalue weighted by Crippen LogP contribution is -2.18. The van der Waals surface area contributed by atoms with Gasteiger partial charge >= 0.3 is 0 Å². The van der Waals surface area contributed by atoms with Crippen molar-refractivity contribution in [2.75, 3.05) is 21.3 Å². The summed E-state index contributed by atoms with van der Waals surface area (Å²) in [5, 5.41) is 3.91. The Morgan fingerprint density at radius 2 is 1.71 bits per heavy atom. The molecule has 0 saturated carbocycles. The molecule has 0 aliphatic rings. The van der Waals surface area contributed by atoms with Crippen molar-refractivity contribution in [2.45, 2.75) is 19.4 Å². The van der Waals surface area contributed by atoms with E-state index in [1.165, 1.54) is 0 Å². The number of nitrogens with zero attached hydrogens (tertiary/aromatic N) is 2. The third-order valence-corrected chi connectivity index (χ3v) is 2.91. The van der Waals surface area contributed by atoms with Crippen LogP contribution in [0.2, 0.25) is 0 Å². The molecule has 1 unspecified atom stereocenters. The molecular formula is C14H19N3O4. The molecule has 21 heavy (non-hydrogen) atoms. The van der Waals surface area contributed by atoms with Crippen molar-refractivity contribution in [3.05, 3.63) is 18.0 Å². The van der Waals surface area contributed by atoms with Crippen LogP contribution in [-0.2, 0) is 6.42 Å². The molecule has 1 aromatic heterocycles. The van der Waals surface area contributed by atoms with Crippen LogP contribution in [0.4, 0.5) is 0 Å². The van der Waals surface area contributed by atoms with Crippen LogP contribution in [0.15, 0.2) is 16.7 Å². The first-order valence-electron chi connectivity index (χ1n) is 6.47. The van der Waals surface area contributed by atoms with Crippen molar-refractivity contribution in [3.63, 3.8) is 0 Å². The Hall–Kier alpha value is -2.28. The van der Waals surface area contributed by atoms with E-state index >= 15 is 0 Å². The Labute approximate surface area is 123 Å². The van der Waals surface area contributed by atoms with E-state index in [4.69, 9.17) is 24.5 Å². The van der Waals surface area contributed by atoms with E-state index < -0.39 is 0 Å². The highest BCUT2D eigenvalue weighted by molar-refractivity contribution is 5.68. The molecule has 0 amide bonds. The van der Waals surface area contributed by atoms with Gasteiger partial charge in [-0.1, -0.05) is 5.16 Å². The van der Waals surface area contributed by atoms with Gasteiger partial charge in [0.05, 0.1) is 26.9 Å². The molecule has 2 rings (SSSR count). The first kappa shape index (κ1) is 15.1. The average Bonchev–Trinajstić information content (AvgIpc) is 2.93. The smallest absolute Gasteiger partial charge is 0.261 e. The maximum Gasteiger partial charge on any atom is 0.261 e. The Kier molecular flexibility index (Phi) is 4.64. The van der Waals surface area contributed by atoms with Crippen LogP contribution in [0.25, 0.3) is 11.5 Å². The van der Waals surface area contributed by atoms with Crippen LogP contribution >= 0.6 is 0 Å². The van der Waals surface area contributed by atoms with Gasteiger partial charge in [0.1, 0.15) is 5.75 Å². The van der Waals surface area contributed by atoms with Gasteiger partial charge in [0.15, 0.2) is 17.3 Å². The fourth-order valence-electron chi connectivity index (χ4n) is 1.93. The number of ether oxygens (including phenoxy) is 3. The molecule has 0 aliphatic carbocycles. The molecule has 0 radical (unpaired) electrons. The monoisotopic (exact) mass is 293 g/mol. The highest BCUT2D eigenvalue weighted by Crippen LogP contribution is 2.39. The average molecular weight is 293 g/mol. The third-order valence-electron chi connectivity index (χ3n) is 2.91. The lowest BCUT2D eigenvalue weighted by atomic mass is 10.1. The molecule has 1 heterocycles. The number of hydrogen-bond acceptors (Lipinski definition) is 7. The molecule has 0 bridgehead atoms. The molecule has 1 atom stereocenters. The third kappa shape index (κ3) is 3.25. The van der Waals surface area contributed by atoms with E-state index in [1.54, 1.807) is 33.5 Å². The molecule has 0 aliphatic heterocycles. The van der Waals surface area contributed by atoms with Gasteiger partial charge in [-0.25, -0.2) is 0 Å². The van der Waals surface area contributed by atoms with Gasteiger partial charge in [-0.3, -0.25) is 0 Å². The van der Waals surface area contributed by atoms with Gasteiger partial charge in [0.2, 0.25) is 0 Å². The first-order valence-corrected chi connectivity index (χ1v) is 6.47. The maximum atomic E-state index is 5.73. The summed E-state index contributed by atoms with van der Waals surface area (Å²) in [5.41, 5.74) is 6.37. The predicted molar refractivity (Wildman–Crippen MR) is 76.7 cm³/mol. The van der Waals surface area contributed by atoms with Gasteiger partial charge < -0.3 is 24.5 Å². The number of nitrogens with two attached hydrogens (primary N) is 1. The zero-order valence-electron chi connectivity index (χ0n) is 12.5. The van der Waals surface area contributed by atoms with Crippen LogP contribution in [0.5, 0.6) is 17.2 Å². The van der Waals surface area contributed by atoms with E-state index in [2.05, 4.69) is 10.1 Å². The van der Waals surface area contributed by atoms with Crippen molar-refractivity contribution in [3.8, 4) is 28.7 Å². The predicted octanol–water partition coefficient (Wildman–Crippen LogP) is 1.65. The molecular weight excluding hydrogens is 274 g/mol. The van der Waals surface area contributed by atoms with Gasteiger partial charge in [-0.15, -0.1) is 0 Å². The van der Waals surface area contributed by atoms with Crippen LogP contribution in [0.1, 0.15) is 12.7 Å². The highest BCUT2D eigenvalue weighted by Gasteiger charge is 2.18. The fraction of sp³-hybridized carbons (Fsp3) is 0.429. The van der Waals surface area contributed by atoms with Crippen LogP contribution in [0, 0.1) is 0 Å². The van der Waals surface area contributed by atoms with Gasteiger partial charge in [0.25, 0.3) is 5.89 Å². The Bertz CT molecular complexity index is 610. The van der Waals surface area contributed by atoms with Crippen LogP contribution in [0.3, 0.4) is 0 Å². The lowest BCUT2D eigenvalue weighted by Gasteiger charge is -2.11. The van der Waals surface area contributed by atoms with Gasteiger partial charge in [-0.05, 0) is 6.92 Å². The van der Waals surface area contributed by atoms with Crippen LogP contribution in [-0.4, -0.2) is 37.5 Å². The zero-order valence-corrected chi connectivity index (χ0v) is 12.5. The second-order valence-corrected chi connectivity index (χ2v) is 4.60. The summed E-state index contributed by atoms with van der Waals surface area (Å²) in [6.45, 7) is 1.88. The summed E-state index contributed by atoms with van der Waals surface area (Å²) in [6.07, 6.45) is 0.541. The number of rotatable bonds is 6. The molecule has 0 spiro atoms. The molecule has 2 N–H and O–H groups in total. The van der Waals surface area contributed by atoms with E-state index in [1.807, 2.05) is 6.92 Å². The fourth-order valence-corrected chi connectivity index (χ4v) is 1.93. The summed E-state index contributed by atoms with van der Waals surface area (Å²) in [4.78, 5) is 4.33. The first-order chi connectivity index (χ1) is 10.1. The summed E-state index contributed by atoms with van der Waals surface area (Å²) in [5.74, 6) is 2.58. The summed E-state index contributed by atoms with van der Waals surface area (Å²) in [6, 6.07) is 3.41. The van der Waals surface area contributed by atoms with Gasteiger partial charge in [-0.2, -0.15) is 4.98 Å². The minimum absolute atomic E-state index is 0.0391.